The molecule has 0 radical (unpaired) electrons. The maximum absolute atomic E-state index is 5.88. The Hall–Kier alpha value is -0.350. The van der Waals surface area contributed by atoms with E-state index < -0.39 is 0 Å². The molecule has 1 unspecified atom stereocenters. The predicted molar refractivity (Wildman–Crippen MR) is 65.7 cm³/mol. The summed E-state index contributed by atoms with van der Waals surface area (Å²) in [6.07, 6.45) is 3.69. The predicted octanol–water partition coefficient (Wildman–Crippen LogP) is 2.74. The Morgan fingerprint density at radius 2 is 2.00 bits per heavy atom. The minimum Gasteiger partial charge on any atom is -0.327 e. The summed E-state index contributed by atoms with van der Waals surface area (Å²) in [5.74, 6) is 0. The van der Waals surface area contributed by atoms with E-state index in [2.05, 4.69) is 53.4 Å². The summed E-state index contributed by atoms with van der Waals surface area (Å²) in [7, 11) is 0. The molecule has 1 atom stereocenters. The number of rotatable bonds is 4. The van der Waals surface area contributed by atoms with Crippen LogP contribution in [0.1, 0.15) is 12.0 Å². The largest absolute Gasteiger partial charge is 0.327 e. The second-order valence-electron chi connectivity index (χ2n) is 3.12. The van der Waals surface area contributed by atoms with Crippen molar-refractivity contribution in [2.45, 2.75) is 18.9 Å². The highest BCUT2D eigenvalue weighted by atomic mass is 127. The van der Waals surface area contributed by atoms with Crippen LogP contribution in [-0.4, -0.2) is 6.04 Å². The topological polar surface area (TPSA) is 26.0 Å². The molecule has 70 valence electrons. The lowest BCUT2D eigenvalue weighted by Gasteiger charge is -2.08. The van der Waals surface area contributed by atoms with Gasteiger partial charge in [0.2, 0.25) is 0 Å². The lowest BCUT2D eigenvalue weighted by molar-refractivity contribution is 0.679. The molecular weight excluding hydrogens is 273 g/mol. The Morgan fingerprint density at radius 1 is 1.38 bits per heavy atom. The fourth-order valence-electron chi connectivity index (χ4n) is 1.22. The van der Waals surface area contributed by atoms with Gasteiger partial charge in [-0.25, -0.2) is 0 Å². The molecule has 0 spiro atoms. The van der Waals surface area contributed by atoms with Crippen LogP contribution in [0.2, 0.25) is 0 Å². The Balaban J connectivity index is 2.53. The summed E-state index contributed by atoms with van der Waals surface area (Å²) in [6, 6.07) is 8.68. The van der Waals surface area contributed by atoms with Crippen molar-refractivity contribution in [2.75, 3.05) is 0 Å². The van der Waals surface area contributed by atoms with Gasteiger partial charge in [0.1, 0.15) is 0 Å². The van der Waals surface area contributed by atoms with Gasteiger partial charge in [-0.2, -0.15) is 0 Å². The second-order valence-corrected chi connectivity index (χ2v) is 4.36. The zero-order valence-electron chi connectivity index (χ0n) is 7.54. The molecule has 0 heterocycles. The van der Waals surface area contributed by atoms with Crippen molar-refractivity contribution in [3.8, 4) is 0 Å². The fraction of sp³-hybridized carbons (Fsp3) is 0.273. The molecule has 0 aliphatic heterocycles. The van der Waals surface area contributed by atoms with Crippen LogP contribution in [0.4, 0.5) is 0 Å². The van der Waals surface area contributed by atoms with E-state index in [9.17, 15) is 0 Å². The Morgan fingerprint density at radius 3 is 2.54 bits per heavy atom. The summed E-state index contributed by atoms with van der Waals surface area (Å²) in [5.41, 5.74) is 7.18. The smallest absolute Gasteiger partial charge is 0.0130 e. The van der Waals surface area contributed by atoms with Crippen LogP contribution in [0.25, 0.3) is 0 Å². The van der Waals surface area contributed by atoms with Gasteiger partial charge in [-0.3, -0.25) is 0 Å². The van der Waals surface area contributed by atoms with E-state index in [1.54, 1.807) is 0 Å². The van der Waals surface area contributed by atoms with Gasteiger partial charge in [0, 0.05) is 9.61 Å². The molecule has 0 aliphatic rings. The SMILES string of the molecule is C=CCC(N)Cc1ccc(I)cc1. The second kappa shape index (κ2) is 5.40. The number of nitrogens with two attached hydrogens (primary N) is 1. The zero-order chi connectivity index (χ0) is 9.68. The van der Waals surface area contributed by atoms with Gasteiger partial charge < -0.3 is 5.73 Å². The number of benzene rings is 1. The van der Waals surface area contributed by atoms with Crippen molar-refractivity contribution in [1.29, 1.82) is 0 Å². The van der Waals surface area contributed by atoms with Crippen molar-refractivity contribution in [3.05, 3.63) is 46.1 Å². The maximum Gasteiger partial charge on any atom is 0.0130 e. The summed E-state index contributed by atoms with van der Waals surface area (Å²) in [6.45, 7) is 3.68. The summed E-state index contributed by atoms with van der Waals surface area (Å²) in [4.78, 5) is 0. The van der Waals surface area contributed by atoms with Crippen molar-refractivity contribution in [3.63, 3.8) is 0 Å². The van der Waals surface area contributed by atoms with Crippen molar-refractivity contribution < 1.29 is 0 Å². The first-order valence-corrected chi connectivity index (χ1v) is 5.41. The van der Waals surface area contributed by atoms with E-state index in [0.717, 1.165) is 12.8 Å². The molecule has 0 aliphatic carbocycles. The molecule has 2 heteroatoms. The first-order chi connectivity index (χ1) is 6.22. The number of halogens is 1. The van der Waals surface area contributed by atoms with E-state index in [-0.39, 0.29) is 6.04 Å². The molecular formula is C11H14IN. The van der Waals surface area contributed by atoms with E-state index in [1.165, 1.54) is 9.13 Å². The third-order valence-corrected chi connectivity index (χ3v) is 2.60. The molecule has 0 saturated heterocycles. The molecule has 0 aromatic heterocycles. The average Bonchev–Trinajstić information content (AvgIpc) is 2.09. The Bertz CT molecular complexity index is 266. The molecule has 0 amide bonds. The van der Waals surface area contributed by atoms with Gasteiger partial charge in [0.25, 0.3) is 0 Å². The Labute approximate surface area is 93.2 Å². The summed E-state index contributed by atoms with van der Waals surface area (Å²) in [5, 5.41) is 0. The average molecular weight is 287 g/mol. The van der Waals surface area contributed by atoms with Gasteiger partial charge in [-0.05, 0) is 53.1 Å². The maximum atomic E-state index is 5.88. The molecule has 13 heavy (non-hydrogen) atoms. The molecule has 0 fully saturated rings. The zero-order valence-corrected chi connectivity index (χ0v) is 9.70. The highest BCUT2D eigenvalue weighted by molar-refractivity contribution is 14.1. The molecule has 1 aromatic rings. The molecule has 0 bridgehead atoms. The van der Waals surface area contributed by atoms with Gasteiger partial charge in [0.15, 0.2) is 0 Å². The van der Waals surface area contributed by atoms with E-state index >= 15 is 0 Å². The van der Waals surface area contributed by atoms with Crippen LogP contribution in [0, 0.1) is 3.57 Å². The van der Waals surface area contributed by atoms with Crippen LogP contribution in [0.3, 0.4) is 0 Å². The normalized spacial score (nSPS) is 12.5. The third-order valence-electron chi connectivity index (χ3n) is 1.88. The lowest BCUT2D eigenvalue weighted by Crippen LogP contribution is -2.21. The van der Waals surface area contributed by atoms with E-state index in [4.69, 9.17) is 5.73 Å². The van der Waals surface area contributed by atoms with Gasteiger partial charge in [0.05, 0.1) is 0 Å². The molecule has 1 rings (SSSR count). The molecule has 1 aromatic carbocycles. The van der Waals surface area contributed by atoms with Crippen LogP contribution >= 0.6 is 22.6 Å². The van der Waals surface area contributed by atoms with Crippen LogP contribution in [-0.2, 0) is 6.42 Å². The minimum absolute atomic E-state index is 0.206. The molecule has 0 saturated carbocycles. The van der Waals surface area contributed by atoms with Gasteiger partial charge in [-0.1, -0.05) is 18.2 Å². The van der Waals surface area contributed by atoms with Crippen LogP contribution in [0.15, 0.2) is 36.9 Å². The van der Waals surface area contributed by atoms with E-state index in [0.29, 0.717) is 0 Å². The van der Waals surface area contributed by atoms with Gasteiger partial charge >= 0.3 is 0 Å². The highest BCUT2D eigenvalue weighted by Gasteiger charge is 2.01. The first kappa shape index (κ1) is 10.7. The Kier molecular flexibility index (Phi) is 4.45. The first-order valence-electron chi connectivity index (χ1n) is 4.33. The van der Waals surface area contributed by atoms with Crippen molar-refractivity contribution in [1.82, 2.24) is 0 Å². The van der Waals surface area contributed by atoms with Crippen LogP contribution in [0.5, 0.6) is 0 Å². The number of hydrogen-bond acceptors (Lipinski definition) is 1. The minimum atomic E-state index is 0.206. The van der Waals surface area contributed by atoms with Crippen molar-refractivity contribution in [2.24, 2.45) is 5.73 Å². The quantitative estimate of drug-likeness (QED) is 0.669. The molecule has 2 N–H and O–H groups in total. The van der Waals surface area contributed by atoms with Crippen LogP contribution < -0.4 is 5.73 Å². The molecule has 1 nitrogen and oxygen atoms in total. The highest BCUT2D eigenvalue weighted by Crippen LogP contribution is 2.09. The van der Waals surface area contributed by atoms with Crippen molar-refractivity contribution >= 4 is 22.6 Å². The summed E-state index contributed by atoms with van der Waals surface area (Å²) < 4.78 is 1.26. The monoisotopic (exact) mass is 287 g/mol. The summed E-state index contributed by atoms with van der Waals surface area (Å²) >= 11 is 2.30. The van der Waals surface area contributed by atoms with Gasteiger partial charge in [-0.15, -0.1) is 6.58 Å². The number of hydrogen-bond donors (Lipinski definition) is 1. The fourth-order valence-corrected chi connectivity index (χ4v) is 1.58. The standard InChI is InChI=1S/C11H14IN/c1-2-3-11(13)8-9-4-6-10(12)7-5-9/h2,4-7,11H,1,3,8,13H2. The lowest BCUT2D eigenvalue weighted by atomic mass is 10.0. The third kappa shape index (κ3) is 3.91. The van der Waals surface area contributed by atoms with E-state index in [1.807, 2.05) is 6.08 Å².